The van der Waals surface area contributed by atoms with E-state index in [0.717, 1.165) is 0 Å². The first-order valence-corrected chi connectivity index (χ1v) is 14.4. The zero-order chi connectivity index (χ0) is 28.4. The Kier molecular flexibility index (Phi) is 11.9. The summed E-state index contributed by atoms with van der Waals surface area (Å²) in [6, 6.07) is -5.23. The molecule has 0 spiro atoms. The number of aromatic amines is 1. The van der Waals surface area contributed by atoms with Gasteiger partial charge in [-0.3, -0.25) is 28.8 Å². The van der Waals surface area contributed by atoms with Crippen LogP contribution in [0, 0.1) is 5.92 Å². The van der Waals surface area contributed by atoms with Crippen molar-refractivity contribution in [3.05, 3.63) is 18.2 Å². The van der Waals surface area contributed by atoms with Gasteiger partial charge >= 0.3 is 0 Å². The summed E-state index contributed by atoms with van der Waals surface area (Å²) < 4.78 is 0. The number of aromatic nitrogens is 2. The van der Waals surface area contributed by atoms with Crippen molar-refractivity contribution in [3.63, 3.8) is 0 Å². The van der Waals surface area contributed by atoms with Crippen molar-refractivity contribution in [1.29, 1.82) is 0 Å². The number of carbonyl (C=O) groups excluding carboxylic acids is 6. The Bertz CT molecular complexity index is 1020. The van der Waals surface area contributed by atoms with Crippen LogP contribution in [-0.2, 0) is 35.2 Å². The quantitative estimate of drug-likeness (QED) is 0.194. The van der Waals surface area contributed by atoms with E-state index in [1.807, 2.05) is 0 Å². The Labute approximate surface area is 227 Å². The van der Waals surface area contributed by atoms with Crippen LogP contribution in [0.5, 0.6) is 0 Å². The van der Waals surface area contributed by atoms with Gasteiger partial charge in [0.1, 0.15) is 30.2 Å². The molecular formula is C22H34N8O6S2. The lowest BCUT2D eigenvalue weighted by Crippen LogP contribution is -2.59. The lowest BCUT2D eigenvalue weighted by molar-refractivity contribution is -0.135. The molecule has 0 aromatic carbocycles. The standard InChI is InChI=1S/C22H34N8O6S2/c1-10(2)17-22(36)29-15(18(23)32)7-37-38-8-16(27-12(4)31)21(35)28-14(5-13-6-24-9-25-13)20(34)26-11(3)19(33)30-17/h6,9-11,14-17H,5,7-8H2,1-4H3,(H2,23,32)(H,24,25)(H,26,34)(H,27,31)(H,28,35)(H,29,36)(H,30,33)/t11-,14-,15-,16-,17-/m0/s1. The molecule has 5 atom stereocenters. The minimum absolute atomic E-state index is 0.0396. The molecule has 1 aromatic heterocycles. The summed E-state index contributed by atoms with van der Waals surface area (Å²) in [7, 11) is 2.35. The number of hydrogen-bond donors (Lipinski definition) is 7. The average molecular weight is 571 g/mol. The Morgan fingerprint density at radius 1 is 1.03 bits per heavy atom. The summed E-state index contributed by atoms with van der Waals surface area (Å²) in [5.41, 5.74) is 6.02. The minimum Gasteiger partial charge on any atom is -0.368 e. The second kappa shape index (κ2) is 14.6. The van der Waals surface area contributed by atoms with Gasteiger partial charge in [0, 0.05) is 36.7 Å². The van der Waals surface area contributed by atoms with Crippen LogP contribution in [0.15, 0.2) is 12.5 Å². The maximum atomic E-state index is 13.1. The number of primary amides is 1. The van der Waals surface area contributed by atoms with Gasteiger partial charge < -0.3 is 37.3 Å². The molecule has 1 fully saturated rings. The predicted octanol–water partition coefficient (Wildman–Crippen LogP) is -2.05. The number of nitrogens with two attached hydrogens (primary N) is 1. The van der Waals surface area contributed by atoms with Gasteiger partial charge in [0.25, 0.3) is 0 Å². The molecule has 14 nitrogen and oxygen atoms in total. The van der Waals surface area contributed by atoms with Crippen LogP contribution in [-0.4, -0.2) is 87.1 Å². The monoisotopic (exact) mass is 570 g/mol. The Morgan fingerprint density at radius 3 is 2.29 bits per heavy atom. The van der Waals surface area contributed by atoms with Gasteiger partial charge in [-0.25, -0.2) is 4.98 Å². The molecule has 0 bridgehead atoms. The molecular weight excluding hydrogens is 536 g/mol. The van der Waals surface area contributed by atoms with Gasteiger partial charge in [0.15, 0.2) is 0 Å². The normalized spacial score (nSPS) is 26.4. The third kappa shape index (κ3) is 9.55. The van der Waals surface area contributed by atoms with Crippen molar-refractivity contribution in [1.82, 2.24) is 36.6 Å². The smallest absolute Gasteiger partial charge is 0.244 e. The molecule has 1 aliphatic rings. The van der Waals surface area contributed by atoms with Crippen molar-refractivity contribution in [3.8, 4) is 0 Å². The molecule has 2 heterocycles. The molecule has 0 saturated carbocycles. The Hall–Kier alpha value is -3.27. The van der Waals surface area contributed by atoms with E-state index in [-0.39, 0.29) is 23.8 Å². The molecule has 210 valence electrons. The Balaban J connectivity index is 2.36. The molecule has 1 aromatic rings. The molecule has 1 aliphatic heterocycles. The number of nitrogens with zero attached hydrogens (tertiary/aromatic N) is 1. The van der Waals surface area contributed by atoms with Crippen LogP contribution in [0.3, 0.4) is 0 Å². The predicted molar refractivity (Wildman–Crippen MR) is 142 cm³/mol. The molecule has 6 amide bonds. The van der Waals surface area contributed by atoms with E-state index in [2.05, 4.69) is 36.6 Å². The lowest BCUT2D eigenvalue weighted by atomic mass is 10.0. The number of rotatable bonds is 5. The van der Waals surface area contributed by atoms with E-state index >= 15 is 0 Å². The molecule has 38 heavy (non-hydrogen) atoms. The second-order valence-corrected chi connectivity index (χ2v) is 11.6. The third-order valence-electron chi connectivity index (χ3n) is 5.52. The van der Waals surface area contributed by atoms with E-state index in [4.69, 9.17) is 5.73 Å². The number of amides is 6. The molecule has 16 heteroatoms. The summed E-state index contributed by atoms with van der Waals surface area (Å²) in [6.45, 7) is 6.13. The van der Waals surface area contributed by atoms with Crippen LogP contribution in [0.2, 0.25) is 0 Å². The number of imidazole rings is 1. The SMILES string of the molecule is CC(=O)N[C@H]1CSSC[C@@H](C(N)=O)NC(=O)[C@H](C(C)C)NC(=O)[C@H](C)NC(=O)[C@H](Cc2cnc[nH]2)NC1=O. The summed E-state index contributed by atoms with van der Waals surface area (Å²) in [5, 5.41) is 12.9. The van der Waals surface area contributed by atoms with Crippen LogP contribution < -0.4 is 32.3 Å². The summed E-state index contributed by atoms with van der Waals surface area (Å²) in [4.78, 5) is 82.6. The van der Waals surface area contributed by atoms with Crippen molar-refractivity contribution in [2.75, 3.05) is 11.5 Å². The zero-order valence-electron chi connectivity index (χ0n) is 21.5. The number of hydrogen-bond acceptors (Lipinski definition) is 9. The molecule has 1 saturated heterocycles. The van der Waals surface area contributed by atoms with E-state index in [1.54, 1.807) is 13.8 Å². The first-order valence-electron chi connectivity index (χ1n) is 11.9. The molecule has 0 unspecified atom stereocenters. The molecule has 8 N–H and O–H groups in total. The van der Waals surface area contributed by atoms with Gasteiger partial charge in [0.05, 0.1) is 6.33 Å². The van der Waals surface area contributed by atoms with Crippen molar-refractivity contribution < 1.29 is 28.8 Å². The first kappa shape index (κ1) is 31.0. The summed E-state index contributed by atoms with van der Waals surface area (Å²) in [6.07, 6.45) is 2.96. The van der Waals surface area contributed by atoms with Crippen LogP contribution >= 0.6 is 21.6 Å². The molecule has 0 aliphatic carbocycles. The average Bonchev–Trinajstić information content (AvgIpc) is 3.34. The van der Waals surface area contributed by atoms with Crippen molar-refractivity contribution >= 4 is 57.0 Å². The van der Waals surface area contributed by atoms with Gasteiger partial charge in [-0.15, -0.1) is 0 Å². The largest absolute Gasteiger partial charge is 0.368 e. The molecule has 2 rings (SSSR count). The van der Waals surface area contributed by atoms with Crippen molar-refractivity contribution in [2.45, 2.75) is 64.3 Å². The highest BCUT2D eigenvalue weighted by Gasteiger charge is 2.32. The maximum absolute atomic E-state index is 13.1. The van der Waals surface area contributed by atoms with E-state index in [9.17, 15) is 28.8 Å². The third-order valence-corrected chi connectivity index (χ3v) is 7.94. The van der Waals surface area contributed by atoms with E-state index in [1.165, 1.54) is 48.0 Å². The molecule has 0 radical (unpaired) electrons. The number of nitrogens with one attached hydrogen (secondary N) is 6. The van der Waals surface area contributed by atoms with Crippen LogP contribution in [0.25, 0.3) is 0 Å². The highest BCUT2D eigenvalue weighted by Crippen LogP contribution is 2.23. The first-order chi connectivity index (χ1) is 17.9. The summed E-state index contributed by atoms with van der Waals surface area (Å²) in [5.74, 6) is -3.89. The fourth-order valence-electron chi connectivity index (χ4n) is 3.41. The topological polar surface area (TPSA) is 217 Å². The minimum atomic E-state index is -1.11. The highest BCUT2D eigenvalue weighted by atomic mass is 33.1. The maximum Gasteiger partial charge on any atom is 0.244 e. The van der Waals surface area contributed by atoms with Gasteiger partial charge in [-0.1, -0.05) is 35.4 Å². The lowest BCUT2D eigenvalue weighted by Gasteiger charge is -2.26. The van der Waals surface area contributed by atoms with Gasteiger partial charge in [-0.05, 0) is 12.8 Å². The second-order valence-electron chi connectivity index (χ2n) is 9.09. The zero-order valence-corrected chi connectivity index (χ0v) is 23.2. The van der Waals surface area contributed by atoms with E-state index in [0.29, 0.717) is 5.69 Å². The number of carbonyl (C=O) groups is 6. The van der Waals surface area contributed by atoms with Crippen molar-refractivity contribution in [2.24, 2.45) is 11.7 Å². The summed E-state index contributed by atoms with van der Waals surface area (Å²) >= 11 is 0. The van der Waals surface area contributed by atoms with Crippen LogP contribution in [0.4, 0.5) is 0 Å². The highest BCUT2D eigenvalue weighted by molar-refractivity contribution is 8.76. The van der Waals surface area contributed by atoms with E-state index < -0.39 is 65.7 Å². The Morgan fingerprint density at radius 2 is 1.71 bits per heavy atom. The van der Waals surface area contributed by atoms with Gasteiger partial charge in [0.2, 0.25) is 35.4 Å². The fourth-order valence-corrected chi connectivity index (χ4v) is 5.75. The number of H-pyrrole nitrogens is 1. The van der Waals surface area contributed by atoms with Gasteiger partial charge in [-0.2, -0.15) is 0 Å². The van der Waals surface area contributed by atoms with Crippen LogP contribution in [0.1, 0.15) is 33.4 Å². The fraction of sp³-hybridized carbons (Fsp3) is 0.591.